The fourth-order valence-corrected chi connectivity index (χ4v) is 11.2. The van der Waals surface area contributed by atoms with Crippen LogP contribution in [0, 0.1) is 0 Å². The first kappa shape index (κ1) is 93.9. The third-order valence-electron chi connectivity index (χ3n) is 17.3. The molecule has 0 spiro atoms. The normalized spacial score (nSPS) is 13.5. The molecule has 0 aliphatic carbocycles. The molecule has 1 N–H and O–H groups in total. The molecule has 0 heterocycles. The molecule has 0 aromatic carbocycles. The second-order valence-corrected chi connectivity index (χ2v) is 28.0. The van der Waals surface area contributed by atoms with Gasteiger partial charge in [0.25, 0.3) is 6.29 Å². The van der Waals surface area contributed by atoms with Gasteiger partial charge in [-0.05, 0) is 122 Å². The summed E-state index contributed by atoms with van der Waals surface area (Å²) >= 11 is 0. The number of likely N-dealkylation sites (N-methyl/N-ethyl adjacent to an activating group) is 1. The van der Waals surface area contributed by atoms with Gasteiger partial charge in [0.05, 0.1) is 34.4 Å². The van der Waals surface area contributed by atoms with Crippen molar-refractivity contribution in [2.45, 2.75) is 347 Å². The lowest BCUT2D eigenvalue weighted by Crippen LogP contribution is -2.40. The maximum absolute atomic E-state index is 13.0. The van der Waals surface area contributed by atoms with E-state index in [1.807, 2.05) is 21.1 Å². The van der Waals surface area contributed by atoms with Gasteiger partial charge in [-0.15, -0.1) is 0 Å². The quantitative estimate of drug-likeness (QED) is 0.0211. The Kier molecular flexibility index (Phi) is 74.6. The van der Waals surface area contributed by atoms with Crippen LogP contribution in [0.15, 0.2) is 158 Å². The number of esters is 2. The Hall–Kier alpha value is -5.09. The van der Waals surface area contributed by atoms with Gasteiger partial charge in [-0.1, -0.05) is 358 Å². The molecule has 0 bridgehead atoms. The van der Waals surface area contributed by atoms with Gasteiger partial charge in [-0.3, -0.25) is 9.59 Å². The fourth-order valence-electron chi connectivity index (χ4n) is 11.2. The van der Waals surface area contributed by atoms with Crippen LogP contribution in [-0.4, -0.2) is 87.4 Å². The minimum atomic E-state index is -1.52. The number of ether oxygens (including phenoxy) is 4. The summed E-state index contributed by atoms with van der Waals surface area (Å²) in [7, 11) is 5.98. The van der Waals surface area contributed by atoms with E-state index in [0.29, 0.717) is 23.9 Å². The van der Waals surface area contributed by atoms with E-state index in [1.54, 1.807) is 0 Å². The molecule has 0 saturated heterocycles. The first-order chi connectivity index (χ1) is 48.6. The number of rotatable bonds is 74. The van der Waals surface area contributed by atoms with Crippen molar-refractivity contribution in [2.75, 3.05) is 47.5 Å². The Bertz CT molecular complexity index is 2200. The highest BCUT2D eigenvalue weighted by Crippen LogP contribution is 2.18. The molecule has 0 aliphatic rings. The number of carbonyl (C=O) groups excluding carboxylic acids is 2. The van der Waals surface area contributed by atoms with Crippen LogP contribution in [0.4, 0.5) is 0 Å². The number of unbranched alkanes of at least 4 members (excludes halogenated alkanes) is 33. The van der Waals surface area contributed by atoms with Gasteiger partial charge < -0.3 is 28.5 Å². The van der Waals surface area contributed by atoms with Crippen LogP contribution in [0.2, 0.25) is 0 Å². The number of hydrogen-bond acceptors (Lipinski definition) is 7. The molecule has 0 amide bonds. The van der Waals surface area contributed by atoms with Crippen LogP contribution in [0.3, 0.4) is 0 Å². The zero-order valence-electron chi connectivity index (χ0n) is 64.6. The number of aliphatic carboxylic acids is 1. The summed E-state index contributed by atoms with van der Waals surface area (Å²) in [6.45, 7) is 4.67. The SMILES string of the molecule is CC/C=C\C/C=C\C/C=C\C/C=C\C/C=C\C/C=C\C/C=C\C/C=C\C/C=C\CCCCCCCCCCCCCC(=O)OC(COC(=O)CCCCCCCCCCCCCCCCCCCCCCCC/C=C\C/C=C\C/C=C\C/C=C\CC)COC(OCC[N+](C)(C)C)C(=O)O. The third kappa shape index (κ3) is 80.1. The lowest BCUT2D eigenvalue weighted by molar-refractivity contribution is -0.870. The van der Waals surface area contributed by atoms with Gasteiger partial charge in [0.15, 0.2) is 6.10 Å². The van der Waals surface area contributed by atoms with Crippen molar-refractivity contribution in [1.82, 2.24) is 0 Å². The number of hydrogen-bond donors (Lipinski definition) is 1. The predicted octanol–water partition coefficient (Wildman–Crippen LogP) is 26.4. The molecule has 0 radical (unpaired) electrons. The molecule has 2 atom stereocenters. The lowest BCUT2D eigenvalue weighted by Gasteiger charge is -2.25. The minimum absolute atomic E-state index is 0.182. The summed E-state index contributed by atoms with van der Waals surface area (Å²) in [5.41, 5.74) is 0. The Balaban J connectivity index is 4.06. The molecule has 0 aromatic rings. The van der Waals surface area contributed by atoms with Crippen molar-refractivity contribution < 1.29 is 42.9 Å². The molecule has 0 aliphatic heterocycles. The maximum Gasteiger partial charge on any atom is 0.361 e. The van der Waals surface area contributed by atoms with Crippen LogP contribution < -0.4 is 0 Å². The van der Waals surface area contributed by atoms with Gasteiger partial charge in [-0.2, -0.15) is 0 Å². The monoisotopic (exact) mass is 1380 g/mol. The van der Waals surface area contributed by atoms with E-state index in [-0.39, 0.29) is 32.2 Å². The van der Waals surface area contributed by atoms with Crippen molar-refractivity contribution >= 4 is 17.9 Å². The number of allylic oxidation sites excluding steroid dienone is 26. The highest BCUT2D eigenvalue weighted by molar-refractivity contribution is 5.71. The summed E-state index contributed by atoms with van der Waals surface area (Å²) in [6, 6.07) is 0. The summed E-state index contributed by atoms with van der Waals surface area (Å²) in [5, 5.41) is 9.78. The van der Waals surface area contributed by atoms with E-state index in [0.717, 1.165) is 128 Å². The van der Waals surface area contributed by atoms with Gasteiger partial charge >= 0.3 is 17.9 Å². The van der Waals surface area contributed by atoms with Crippen molar-refractivity contribution in [3.8, 4) is 0 Å². The smallest absolute Gasteiger partial charge is 0.361 e. The summed E-state index contributed by atoms with van der Waals surface area (Å²) < 4.78 is 23.1. The second kappa shape index (κ2) is 78.6. The van der Waals surface area contributed by atoms with Crippen LogP contribution in [0.1, 0.15) is 335 Å². The molecule has 9 nitrogen and oxygen atoms in total. The molecule has 0 rings (SSSR count). The number of carboxylic acids is 1. The minimum Gasteiger partial charge on any atom is -0.477 e. The Morgan fingerprint density at radius 3 is 0.808 bits per heavy atom. The van der Waals surface area contributed by atoms with Crippen molar-refractivity contribution in [2.24, 2.45) is 0 Å². The van der Waals surface area contributed by atoms with E-state index in [9.17, 15) is 19.5 Å². The first-order valence-electron chi connectivity index (χ1n) is 40.6. The van der Waals surface area contributed by atoms with E-state index in [2.05, 4.69) is 172 Å². The van der Waals surface area contributed by atoms with Gasteiger partial charge in [0.2, 0.25) is 0 Å². The van der Waals surface area contributed by atoms with Crippen molar-refractivity contribution in [3.05, 3.63) is 158 Å². The lowest BCUT2D eigenvalue weighted by atomic mass is 10.0. The van der Waals surface area contributed by atoms with Crippen LogP contribution in [-0.2, 0) is 33.3 Å². The average Bonchev–Trinajstić information content (AvgIpc) is 1.14. The number of carboxylic acid groups (broad SMARTS) is 1. The molecule has 0 fully saturated rings. The summed E-state index contributed by atoms with van der Waals surface area (Å²) in [4.78, 5) is 37.8. The molecule has 99 heavy (non-hydrogen) atoms. The molecule has 0 saturated carbocycles. The highest BCUT2D eigenvalue weighted by Gasteiger charge is 2.25. The summed E-state index contributed by atoms with van der Waals surface area (Å²) in [6.07, 6.45) is 114. The molecule has 2 unspecified atom stereocenters. The molecule has 0 aromatic heterocycles. The third-order valence-corrected chi connectivity index (χ3v) is 17.3. The Labute approximate surface area is 610 Å². The maximum atomic E-state index is 13.0. The van der Waals surface area contributed by atoms with E-state index < -0.39 is 24.3 Å². The summed E-state index contributed by atoms with van der Waals surface area (Å²) in [5.74, 6) is -2.00. The van der Waals surface area contributed by atoms with Crippen LogP contribution in [0.5, 0.6) is 0 Å². The Morgan fingerprint density at radius 1 is 0.303 bits per heavy atom. The Morgan fingerprint density at radius 2 is 0.545 bits per heavy atom. The van der Waals surface area contributed by atoms with Crippen molar-refractivity contribution in [3.63, 3.8) is 0 Å². The number of carbonyl (C=O) groups is 3. The zero-order chi connectivity index (χ0) is 71.8. The topological polar surface area (TPSA) is 108 Å². The zero-order valence-corrected chi connectivity index (χ0v) is 64.6. The molecule has 9 heteroatoms. The largest absolute Gasteiger partial charge is 0.477 e. The van der Waals surface area contributed by atoms with Crippen molar-refractivity contribution in [1.29, 1.82) is 0 Å². The predicted molar refractivity (Wildman–Crippen MR) is 428 cm³/mol. The van der Waals surface area contributed by atoms with E-state index >= 15 is 0 Å². The molecule has 564 valence electrons. The van der Waals surface area contributed by atoms with Gasteiger partial charge in [0.1, 0.15) is 13.2 Å². The average molecular weight is 1380 g/mol. The fraction of sp³-hybridized carbons (Fsp3) is 0.678. The molecular formula is C90H152NO8+. The van der Waals surface area contributed by atoms with Crippen LogP contribution >= 0.6 is 0 Å². The highest BCUT2D eigenvalue weighted by atomic mass is 16.7. The van der Waals surface area contributed by atoms with Gasteiger partial charge in [0, 0.05) is 12.8 Å². The number of quaternary nitrogens is 1. The number of nitrogens with zero attached hydrogens (tertiary/aromatic N) is 1. The standard InChI is InChI=1S/C90H151NO8/c1-6-8-10-12-14-16-18-20-22-24-26-28-30-32-34-36-38-40-42-43-44-45-47-49-51-53-55-57-59-61-63-65-67-69-71-73-75-77-79-81-88(93)99-86(85-98-90(89(94)95)96-83-82-91(3,4)5)84-97-87(92)80-78-76-74-72-70-68-66-64-62-60-58-56-54-52-50-48-46-41-39-37-35-33-31-29-27-25-23-21-19-17-15-13-11-9-7-2/h8-11,14-17,20-23,26-29,32,34,38,40,43-44,47,49,53,55,86,90H,6-7,12-13,18-19,24-25,30-31,33,35-37,39,41-42,45-46,48,50-52,54,56-85H2,1-5H3/p+1/b10-8-,11-9-,16-14-,17-15-,22-20-,23-21-,28-26-,29-27-,34-32-,40-38-,44-43-,49-47-,55-53-. The first-order valence-corrected chi connectivity index (χ1v) is 40.6. The van der Waals surface area contributed by atoms with Crippen LogP contribution in [0.25, 0.3) is 0 Å². The van der Waals surface area contributed by atoms with E-state index in [1.165, 1.54) is 173 Å². The second-order valence-electron chi connectivity index (χ2n) is 28.0. The van der Waals surface area contributed by atoms with E-state index in [4.69, 9.17) is 18.9 Å². The molecular weight excluding hydrogens is 1220 g/mol. The van der Waals surface area contributed by atoms with Gasteiger partial charge in [-0.25, -0.2) is 4.79 Å².